The molecule has 0 aliphatic carbocycles. The van der Waals surface area contributed by atoms with Crippen LogP contribution in [0.1, 0.15) is 19.4 Å². The van der Waals surface area contributed by atoms with Gasteiger partial charge in [0.15, 0.2) is 18.1 Å². The van der Waals surface area contributed by atoms with Crippen molar-refractivity contribution in [3.8, 4) is 11.5 Å². The lowest BCUT2D eigenvalue weighted by atomic mass is 10.1. The van der Waals surface area contributed by atoms with Crippen molar-refractivity contribution >= 4 is 29.7 Å². The molecule has 1 fully saturated rings. The summed E-state index contributed by atoms with van der Waals surface area (Å²) in [5.74, 6) is -4.19. The fourth-order valence-electron chi connectivity index (χ4n) is 2.24. The molecule has 0 saturated carbocycles. The molecule has 0 unspecified atom stereocenters. The number of nitrogens with zero attached hydrogens (tertiary/aromatic N) is 1. The number of ether oxygens (including phenoxy) is 5. The van der Waals surface area contributed by atoms with Crippen molar-refractivity contribution < 1.29 is 43.0 Å². The number of rotatable bonds is 6. The fraction of sp³-hybridized carbons (Fsp3) is 0.353. The summed E-state index contributed by atoms with van der Waals surface area (Å²) >= 11 is 0. The Labute approximate surface area is 158 Å². The van der Waals surface area contributed by atoms with Crippen molar-refractivity contribution in [1.29, 1.82) is 0 Å². The average Bonchev–Trinajstić information content (AvgIpc) is 2.61. The molecule has 0 amide bonds. The van der Waals surface area contributed by atoms with E-state index in [0.717, 1.165) is 19.3 Å². The molecule has 1 aromatic rings. The van der Waals surface area contributed by atoms with Gasteiger partial charge >= 0.3 is 17.9 Å². The Bertz CT molecular complexity index is 849. The summed E-state index contributed by atoms with van der Waals surface area (Å²) in [6.07, 6.45) is 0.963. The van der Waals surface area contributed by atoms with Gasteiger partial charge in [0.25, 0.3) is 11.5 Å². The zero-order valence-corrected chi connectivity index (χ0v) is 15.5. The van der Waals surface area contributed by atoms with Crippen molar-refractivity contribution in [2.45, 2.75) is 19.6 Å². The summed E-state index contributed by atoms with van der Waals surface area (Å²) in [7, 11) is 2.43. The quantitative estimate of drug-likeness (QED) is 0.228. The first kappa shape index (κ1) is 20.7. The number of carbonyl (C=O) groups excluding carboxylic acids is 3. The number of nitro groups is 1. The summed E-state index contributed by atoms with van der Waals surface area (Å²) < 4.78 is 24.6. The summed E-state index contributed by atoms with van der Waals surface area (Å²) in [6, 6.07) is 2.18. The summed E-state index contributed by atoms with van der Waals surface area (Å²) in [5.41, 5.74) is -1.15. The largest absolute Gasteiger partial charge is 0.493 e. The number of esters is 3. The van der Waals surface area contributed by atoms with E-state index in [2.05, 4.69) is 4.74 Å². The first-order chi connectivity index (χ1) is 13.1. The third kappa shape index (κ3) is 4.55. The topological polar surface area (TPSA) is 140 Å². The number of carbonyl (C=O) groups is 3. The zero-order valence-electron chi connectivity index (χ0n) is 15.5. The predicted molar refractivity (Wildman–Crippen MR) is 91.4 cm³/mol. The van der Waals surface area contributed by atoms with Crippen LogP contribution in [0.4, 0.5) is 5.69 Å². The molecule has 11 nitrogen and oxygen atoms in total. The lowest BCUT2D eigenvalue weighted by Crippen LogP contribution is -2.41. The van der Waals surface area contributed by atoms with Crippen LogP contribution in [0.2, 0.25) is 0 Å². The highest BCUT2D eigenvalue weighted by Gasteiger charge is 2.39. The molecule has 1 aliphatic heterocycles. The normalized spacial score (nSPS) is 15.2. The maximum Gasteiger partial charge on any atom is 0.348 e. The predicted octanol–water partition coefficient (Wildman–Crippen LogP) is 1.37. The first-order valence-electron chi connectivity index (χ1n) is 7.82. The minimum Gasteiger partial charge on any atom is -0.493 e. The van der Waals surface area contributed by atoms with E-state index in [0.29, 0.717) is 0 Å². The highest BCUT2D eigenvalue weighted by Crippen LogP contribution is 2.36. The Morgan fingerprint density at radius 2 is 1.79 bits per heavy atom. The Morgan fingerprint density at radius 3 is 2.29 bits per heavy atom. The maximum atomic E-state index is 12.1. The lowest BCUT2D eigenvalue weighted by Gasteiger charge is -2.29. The van der Waals surface area contributed by atoms with Gasteiger partial charge in [0.1, 0.15) is 5.57 Å². The van der Waals surface area contributed by atoms with E-state index in [4.69, 9.17) is 18.9 Å². The van der Waals surface area contributed by atoms with Crippen molar-refractivity contribution in [2.24, 2.45) is 0 Å². The van der Waals surface area contributed by atoms with Gasteiger partial charge in [-0.1, -0.05) is 0 Å². The van der Waals surface area contributed by atoms with Gasteiger partial charge in [-0.15, -0.1) is 0 Å². The second-order valence-corrected chi connectivity index (χ2v) is 5.92. The monoisotopic (exact) mass is 395 g/mol. The van der Waals surface area contributed by atoms with E-state index in [1.54, 1.807) is 0 Å². The minimum absolute atomic E-state index is 0.0271. The van der Waals surface area contributed by atoms with Gasteiger partial charge in [0.05, 0.1) is 30.8 Å². The van der Waals surface area contributed by atoms with Gasteiger partial charge in [-0.25, -0.2) is 14.4 Å². The Balaban J connectivity index is 2.49. The molecule has 1 heterocycles. The van der Waals surface area contributed by atoms with Crippen LogP contribution >= 0.6 is 0 Å². The number of methoxy groups -OCH3 is 2. The fourth-order valence-corrected chi connectivity index (χ4v) is 2.24. The van der Waals surface area contributed by atoms with E-state index < -0.39 is 46.5 Å². The Hall–Kier alpha value is -3.63. The van der Waals surface area contributed by atoms with Crippen LogP contribution in [0.25, 0.3) is 6.08 Å². The standard InChI is InChI=1S/C17H17NO10/c1-17(2)27-15(20)10(16(21)28-17)5-9-6-12(24-3)13(7-11(9)18(22)23)26-8-14(19)25-4/h5-7H,8H2,1-4H3. The van der Waals surface area contributed by atoms with Crippen molar-refractivity contribution in [3.05, 3.63) is 33.4 Å². The van der Waals surface area contributed by atoms with E-state index >= 15 is 0 Å². The molecule has 0 radical (unpaired) electrons. The first-order valence-corrected chi connectivity index (χ1v) is 7.82. The number of nitro benzene ring substituents is 1. The lowest BCUT2D eigenvalue weighted by molar-refractivity contribution is -0.385. The van der Waals surface area contributed by atoms with Crippen molar-refractivity contribution in [1.82, 2.24) is 0 Å². The van der Waals surface area contributed by atoms with Gasteiger partial charge in [-0.05, 0) is 12.1 Å². The molecule has 0 N–H and O–H groups in total. The molecule has 0 aromatic heterocycles. The summed E-state index contributed by atoms with van der Waals surface area (Å²) in [5, 5.41) is 11.4. The van der Waals surface area contributed by atoms with Gasteiger partial charge in [-0.3, -0.25) is 10.1 Å². The molecule has 28 heavy (non-hydrogen) atoms. The van der Waals surface area contributed by atoms with Crippen LogP contribution in [-0.2, 0) is 28.6 Å². The molecule has 0 atom stereocenters. The van der Waals surface area contributed by atoms with Crippen LogP contribution in [0.15, 0.2) is 17.7 Å². The second-order valence-electron chi connectivity index (χ2n) is 5.92. The number of cyclic esters (lactones) is 2. The number of hydrogen-bond donors (Lipinski definition) is 0. The molecule has 11 heteroatoms. The van der Waals surface area contributed by atoms with E-state index in [1.165, 1.54) is 27.0 Å². The molecule has 1 aromatic carbocycles. The minimum atomic E-state index is -1.44. The van der Waals surface area contributed by atoms with Crippen molar-refractivity contribution in [3.63, 3.8) is 0 Å². The molecule has 2 rings (SSSR count). The van der Waals surface area contributed by atoms with Crippen LogP contribution in [-0.4, -0.2) is 49.4 Å². The highest BCUT2D eigenvalue weighted by molar-refractivity contribution is 6.19. The van der Waals surface area contributed by atoms with Crippen LogP contribution in [0, 0.1) is 10.1 Å². The maximum absolute atomic E-state index is 12.1. The average molecular weight is 395 g/mol. The third-order valence-electron chi connectivity index (χ3n) is 3.50. The molecule has 0 bridgehead atoms. The summed E-state index contributed by atoms with van der Waals surface area (Å²) in [6.45, 7) is 2.25. The number of hydrogen-bond acceptors (Lipinski definition) is 10. The van der Waals surface area contributed by atoms with Crippen LogP contribution in [0.3, 0.4) is 0 Å². The van der Waals surface area contributed by atoms with Gasteiger partial charge in [0.2, 0.25) is 0 Å². The van der Waals surface area contributed by atoms with Crippen molar-refractivity contribution in [2.75, 3.05) is 20.8 Å². The molecular formula is C17H17NO10. The van der Waals surface area contributed by atoms with Gasteiger partial charge in [-0.2, -0.15) is 0 Å². The van der Waals surface area contributed by atoms with E-state index in [9.17, 15) is 24.5 Å². The van der Waals surface area contributed by atoms with Gasteiger partial charge < -0.3 is 23.7 Å². The van der Waals surface area contributed by atoms with E-state index in [1.807, 2.05) is 0 Å². The Kier molecular flexibility index (Phi) is 5.87. The molecule has 150 valence electrons. The van der Waals surface area contributed by atoms with Crippen LogP contribution < -0.4 is 9.47 Å². The smallest absolute Gasteiger partial charge is 0.348 e. The zero-order chi connectivity index (χ0) is 21.1. The third-order valence-corrected chi connectivity index (χ3v) is 3.50. The summed E-state index contributed by atoms with van der Waals surface area (Å²) in [4.78, 5) is 46.0. The van der Waals surface area contributed by atoms with E-state index in [-0.39, 0.29) is 17.1 Å². The molecular weight excluding hydrogens is 378 g/mol. The number of benzene rings is 1. The second kappa shape index (κ2) is 7.94. The Morgan fingerprint density at radius 1 is 1.18 bits per heavy atom. The molecule has 1 saturated heterocycles. The van der Waals surface area contributed by atoms with Crippen LogP contribution in [0.5, 0.6) is 11.5 Å². The molecule has 1 aliphatic rings. The molecule has 0 spiro atoms. The highest BCUT2D eigenvalue weighted by atomic mass is 16.7. The SMILES string of the molecule is COC(=O)COc1cc([N+](=O)[O-])c(C=C2C(=O)OC(C)(C)OC2=O)cc1OC. The van der Waals surface area contributed by atoms with Gasteiger partial charge in [0, 0.05) is 13.8 Å².